The van der Waals surface area contributed by atoms with Crippen LogP contribution in [0.5, 0.6) is 0 Å². The van der Waals surface area contributed by atoms with Gasteiger partial charge < -0.3 is 10.6 Å². The van der Waals surface area contributed by atoms with Gasteiger partial charge >= 0.3 is 0 Å². The van der Waals surface area contributed by atoms with E-state index in [9.17, 15) is 0 Å². The van der Waals surface area contributed by atoms with Crippen LogP contribution >= 0.6 is 15.9 Å². The molecule has 0 spiro atoms. The van der Waals surface area contributed by atoms with Gasteiger partial charge in [-0.1, -0.05) is 22.0 Å². The van der Waals surface area contributed by atoms with Crippen molar-refractivity contribution < 1.29 is 0 Å². The molecule has 21 heavy (non-hydrogen) atoms. The first-order chi connectivity index (χ1) is 10.1. The molecule has 1 unspecified atom stereocenters. The summed E-state index contributed by atoms with van der Waals surface area (Å²) in [7, 11) is 0. The first kappa shape index (κ1) is 16.0. The van der Waals surface area contributed by atoms with E-state index in [-0.39, 0.29) is 6.04 Å². The Bertz CT molecular complexity index is 570. The molecule has 2 aromatic rings. The lowest BCUT2D eigenvalue weighted by molar-refractivity contribution is 0.729. The minimum Gasteiger partial charge on any atom is -0.367 e. The molecule has 1 atom stereocenters. The van der Waals surface area contributed by atoms with E-state index < -0.39 is 0 Å². The first-order valence-electron chi connectivity index (χ1n) is 7.28. The van der Waals surface area contributed by atoms with Crippen molar-refractivity contribution in [3.8, 4) is 0 Å². The highest BCUT2D eigenvalue weighted by molar-refractivity contribution is 9.10. The van der Waals surface area contributed by atoms with Crippen molar-refractivity contribution in [2.75, 3.05) is 11.4 Å². The van der Waals surface area contributed by atoms with Crippen LogP contribution in [0.4, 0.5) is 5.69 Å². The van der Waals surface area contributed by atoms with Crippen molar-refractivity contribution in [3.63, 3.8) is 0 Å². The highest BCUT2D eigenvalue weighted by Gasteiger charge is 2.12. The van der Waals surface area contributed by atoms with Gasteiger partial charge in [0.1, 0.15) is 0 Å². The lowest BCUT2D eigenvalue weighted by atomic mass is 10.0. The van der Waals surface area contributed by atoms with E-state index in [0.717, 1.165) is 24.0 Å². The summed E-state index contributed by atoms with van der Waals surface area (Å²) in [5, 5.41) is 0. The lowest BCUT2D eigenvalue weighted by Gasteiger charge is -2.27. The number of anilines is 1. The molecule has 2 rings (SSSR count). The smallest absolute Gasteiger partial charge is 0.0430 e. The number of benzene rings is 1. The predicted octanol–water partition coefficient (Wildman–Crippen LogP) is 3.76. The maximum atomic E-state index is 5.99. The largest absolute Gasteiger partial charge is 0.367 e. The normalized spacial score (nSPS) is 12.2. The molecule has 0 amide bonds. The number of nitrogens with two attached hydrogens (primary N) is 1. The van der Waals surface area contributed by atoms with Gasteiger partial charge in [-0.3, -0.25) is 4.98 Å². The van der Waals surface area contributed by atoms with Crippen molar-refractivity contribution >= 4 is 21.6 Å². The van der Waals surface area contributed by atoms with Gasteiger partial charge in [-0.15, -0.1) is 0 Å². The van der Waals surface area contributed by atoms with E-state index in [0.29, 0.717) is 0 Å². The van der Waals surface area contributed by atoms with E-state index in [1.807, 2.05) is 19.3 Å². The van der Waals surface area contributed by atoms with Crippen LogP contribution in [-0.2, 0) is 13.0 Å². The summed E-state index contributed by atoms with van der Waals surface area (Å²) in [5.74, 6) is 0. The van der Waals surface area contributed by atoms with E-state index >= 15 is 0 Å². The second-order valence-corrected chi connectivity index (χ2v) is 6.24. The molecular weight excluding hydrogens is 326 g/mol. The zero-order valence-electron chi connectivity index (χ0n) is 12.6. The number of rotatable bonds is 6. The molecule has 0 radical (unpaired) electrons. The molecule has 0 fully saturated rings. The van der Waals surface area contributed by atoms with Gasteiger partial charge in [-0.2, -0.15) is 0 Å². The van der Waals surface area contributed by atoms with Crippen LogP contribution in [-0.4, -0.2) is 17.6 Å². The quantitative estimate of drug-likeness (QED) is 0.864. The van der Waals surface area contributed by atoms with Gasteiger partial charge in [0.15, 0.2) is 0 Å². The standard InChI is InChI=1S/C17H22BrN3/c1-3-21(12-14-6-8-20-9-7-14)17-11-16(18)5-4-15(17)10-13(2)19/h4-9,11,13H,3,10,12,19H2,1-2H3. The van der Waals surface area contributed by atoms with Crippen molar-refractivity contribution in [1.82, 2.24) is 4.98 Å². The summed E-state index contributed by atoms with van der Waals surface area (Å²) in [5.41, 5.74) is 9.80. The number of nitrogens with zero attached hydrogens (tertiary/aromatic N) is 2. The molecule has 1 heterocycles. The van der Waals surface area contributed by atoms with Gasteiger partial charge in [0.25, 0.3) is 0 Å². The molecule has 0 aliphatic rings. The Labute approximate surface area is 135 Å². The number of aromatic nitrogens is 1. The monoisotopic (exact) mass is 347 g/mol. The van der Waals surface area contributed by atoms with Crippen LogP contribution in [0.15, 0.2) is 47.2 Å². The summed E-state index contributed by atoms with van der Waals surface area (Å²) < 4.78 is 1.10. The Balaban J connectivity index is 2.30. The Kier molecular flexibility index (Phi) is 5.76. The number of hydrogen-bond donors (Lipinski definition) is 1. The third-order valence-electron chi connectivity index (χ3n) is 3.43. The maximum Gasteiger partial charge on any atom is 0.0430 e. The molecule has 0 aliphatic carbocycles. The first-order valence-corrected chi connectivity index (χ1v) is 8.07. The van der Waals surface area contributed by atoms with Crippen molar-refractivity contribution in [3.05, 3.63) is 58.3 Å². The molecule has 3 nitrogen and oxygen atoms in total. The molecule has 112 valence electrons. The Hall–Kier alpha value is -1.39. The fourth-order valence-electron chi connectivity index (χ4n) is 2.43. The fourth-order valence-corrected chi connectivity index (χ4v) is 2.78. The van der Waals surface area contributed by atoms with Crippen LogP contribution < -0.4 is 10.6 Å². The van der Waals surface area contributed by atoms with Gasteiger partial charge in [0, 0.05) is 41.7 Å². The Morgan fingerprint density at radius 1 is 1.24 bits per heavy atom. The van der Waals surface area contributed by atoms with Crippen LogP contribution in [0.2, 0.25) is 0 Å². The van der Waals surface area contributed by atoms with E-state index in [2.05, 4.69) is 63.1 Å². The van der Waals surface area contributed by atoms with E-state index in [1.54, 1.807) is 0 Å². The van der Waals surface area contributed by atoms with E-state index in [1.165, 1.54) is 16.8 Å². The molecule has 0 aliphatic heterocycles. The third-order valence-corrected chi connectivity index (χ3v) is 3.93. The molecule has 1 aromatic heterocycles. The van der Waals surface area contributed by atoms with Crippen molar-refractivity contribution in [2.24, 2.45) is 5.73 Å². The minimum absolute atomic E-state index is 0.157. The topological polar surface area (TPSA) is 42.2 Å². The summed E-state index contributed by atoms with van der Waals surface area (Å²) in [6, 6.07) is 10.7. The average molecular weight is 348 g/mol. The molecular formula is C17H22BrN3. The average Bonchev–Trinajstić information content (AvgIpc) is 2.47. The molecule has 0 saturated heterocycles. The molecule has 1 aromatic carbocycles. The number of pyridine rings is 1. The fraction of sp³-hybridized carbons (Fsp3) is 0.353. The summed E-state index contributed by atoms with van der Waals surface area (Å²) in [6.07, 6.45) is 4.56. The lowest BCUT2D eigenvalue weighted by Crippen LogP contribution is -2.25. The van der Waals surface area contributed by atoms with Crippen molar-refractivity contribution in [1.29, 1.82) is 0 Å². The number of hydrogen-bond acceptors (Lipinski definition) is 3. The van der Waals surface area contributed by atoms with Crippen LogP contribution in [0.25, 0.3) is 0 Å². The second kappa shape index (κ2) is 7.57. The molecule has 0 saturated carbocycles. The molecule has 4 heteroatoms. The molecule has 2 N–H and O–H groups in total. The van der Waals surface area contributed by atoms with Gasteiger partial charge in [-0.25, -0.2) is 0 Å². The highest BCUT2D eigenvalue weighted by atomic mass is 79.9. The van der Waals surface area contributed by atoms with Crippen LogP contribution in [0, 0.1) is 0 Å². The summed E-state index contributed by atoms with van der Waals surface area (Å²) in [6.45, 7) is 6.05. The van der Waals surface area contributed by atoms with Crippen LogP contribution in [0.1, 0.15) is 25.0 Å². The zero-order valence-corrected chi connectivity index (χ0v) is 14.2. The van der Waals surface area contributed by atoms with Crippen molar-refractivity contribution in [2.45, 2.75) is 32.9 Å². The molecule has 0 bridgehead atoms. The van der Waals surface area contributed by atoms with Gasteiger partial charge in [0.05, 0.1) is 0 Å². The van der Waals surface area contributed by atoms with E-state index in [4.69, 9.17) is 5.73 Å². The highest BCUT2D eigenvalue weighted by Crippen LogP contribution is 2.27. The number of halogens is 1. The third kappa shape index (κ3) is 4.55. The van der Waals surface area contributed by atoms with Gasteiger partial charge in [0.2, 0.25) is 0 Å². The Morgan fingerprint density at radius 2 is 1.95 bits per heavy atom. The minimum atomic E-state index is 0.157. The van der Waals surface area contributed by atoms with Crippen LogP contribution in [0.3, 0.4) is 0 Å². The summed E-state index contributed by atoms with van der Waals surface area (Å²) >= 11 is 3.58. The Morgan fingerprint density at radius 3 is 2.57 bits per heavy atom. The van der Waals surface area contributed by atoms with Gasteiger partial charge in [-0.05, 0) is 55.7 Å². The summed E-state index contributed by atoms with van der Waals surface area (Å²) in [4.78, 5) is 6.45. The SMILES string of the molecule is CCN(Cc1ccncc1)c1cc(Br)ccc1CC(C)N. The predicted molar refractivity (Wildman–Crippen MR) is 92.5 cm³/mol. The maximum absolute atomic E-state index is 5.99. The second-order valence-electron chi connectivity index (χ2n) is 5.32. The zero-order chi connectivity index (χ0) is 15.2.